The van der Waals surface area contributed by atoms with E-state index in [2.05, 4.69) is 4.98 Å². The monoisotopic (exact) mass is 285 g/mol. The van der Waals surface area contributed by atoms with Crippen LogP contribution in [-0.2, 0) is 0 Å². The van der Waals surface area contributed by atoms with Crippen LogP contribution in [0, 0.1) is 6.92 Å². The van der Waals surface area contributed by atoms with Crippen LogP contribution in [0.5, 0.6) is 0 Å². The highest BCUT2D eigenvalue weighted by molar-refractivity contribution is 6.06. The van der Waals surface area contributed by atoms with Crippen molar-refractivity contribution in [2.45, 2.75) is 13.3 Å². The minimum absolute atomic E-state index is 0.191. The maximum Gasteiger partial charge on any atom is 0.258 e. The van der Waals surface area contributed by atoms with Gasteiger partial charge in [0.25, 0.3) is 5.91 Å². The molecule has 110 valence electrons. The van der Waals surface area contributed by atoms with Crippen molar-refractivity contribution in [1.82, 2.24) is 4.98 Å². The second-order valence-corrected chi connectivity index (χ2v) is 4.83. The summed E-state index contributed by atoms with van der Waals surface area (Å²) in [6.07, 6.45) is 2.18. The number of pyridine rings is 1. The fourth-order valence-corrected chi connectivity index (χ4v) is 2.18. The lowest BCUT2D eigenvalue weighted by Crippen LogP contribution is -2.34. The molecule has 0 saturated carbocycles. The molecule has 0 spiro atoms. The summed E-state index contributed by atoms with van der Waals surface area (Å²) >= 11 is 0. The summed E-state index contributed by atoms with van der Waals surface area (Å²) in [6.45, 7) is 2.98. The van der Waals surface area contributed by atoms with E-state index in [9.17, 15) is 9.59 Å². The molecule has 0 saturated heterocycles. The second-order valence-electron chi connectivity index (χ2n) is 4.83. The number of aromatic amines is 1. The first kappa shape index (κ1) is 15.0. The number of aryl methyl sites for hydroxylation is 1. The summed E-state index contributed by atoms with van der Waals surface area (Å²) < 4.78 is 0. The minimum atomic E-state index is -0.288. The van der Waals surface area contributed by atoms with Gasteiger partial charge in [0.2, 0.25) is 5.56 Å². The SMILES string of the molecule is Cc1ccccc1N(CCCN)C(=O)c1cc[nH]c(=O)c1. The lowest BCUT2D eigenvalue weighted by molar-refractivity contribution is 0.0986. The van der Waals surface area contributed by atoms with Crippen molar-refractivity contribution in [2.24, 2.45) is 5.73 Å². The van der Waals surface area contributed by atoms with E-state index in [0.717, 1.165) is 11.3 Å². The van der Waals surface area contributed by atoms with Gasteiger partial charge in [-0.25, -0.2) is 0 Å². The van der Waals surface area contributed by atoms with Crippen LogP contribution in [0.4, 0.5) is 5.69 Å². The number of carbonyl (C=O) groups excluding carboxylic acids is 1. The number of hydrogen-bond donors (Lipinski definition) is 2. The lowest BCUT2D eigenvalue weighted by atomic mass is 10.1. The normalized spacial score (nSPS) is 10.4. The molecule has 0 bridgehead atoms. The van der Waals surface area contributed by atoms with E-state index in [4.69, 9.17) is 5.73 Å². The molecule has 0 radical (unpaired) electrons. The maximum atomic E-state index is 12.7. The Labute approximate surface area is 123 Å². The van der Waals surface area contributed by atoms with E-state index < -0.39 is 0 Å². The van der Waals surface area contributed by atoms with E-state index >= 15 is 0 Å². The molecule has 21 heavy (non-hydrogen) atoms. The number of rotatable bonds is 5. The topological polar surface area (TPSA) is 79.2 Å². The molecule has 1 aromatic heterocycles. The minimum Gasteiger partial charge on any atom is -0.330 e. The van der Waals surface area contributed by atoms with Crippen molar-refractivity contribution in [3.63, 3.8) is 0 Å². The Morgan fingerprint density at radius 3 is 2.71 bits per heavy atom. The van der Waals surface area contributed by atoms with Crippen LogP contribution in [0.3, 0.4) is 0 Å². The Bertz CT molecular complexity index is 679. The zero-order chi connectivity index (χ0) is 15.2. The Morgan fingerprint density at radius 1 is 1.29 bits per heavy atom. The number of anilines is 1. The summed E-state index contributed by atoms with van der Waals surface area (Å²) in [5.74, 6) is -0.191. The third-order valence-corrected chi connectivity index (χ3v) is 3.26. The molecule has 1 amide bonds. The second kappa shape index (κ2) is 6.85. The van der Waals surface area contributed by atoms with E-state index in [0.29, 0.717) is 25.1 Å². The van der Waals surface area contributed by atoms with Gasteiger partial charge in [-0.1, -0.05) is 18.2 Å². The van der Waals surface area contributed by atoms with Crippen LogP contribution in [0.2, 0.25) is 0 Å². The molecule has 5 nitrogen and oxygen atoms in total. The molecular formula is C16H19N3O2. The molecule has 5 heteroatoms. The molecule has 2 aromatic rings. The summed E-state index contributed by atoms with van der Waals surface area (Å²) in [4.78, 5) is 28.3. The maximum absolute atomic E-state index is 12.7. The van der Waals surface area contributed by atoms with Crippen molar-refractivity contribution in [3.05, 3.63) is 64.1 Å². The van der Waals surface area contributed by atoms with Gasteiger partial charge in [0, 0.05) is 30.1 Å². The molecule has 3 N–H and O–H groups in total. The van der Waals surface area contributed by atoms with Crippen molar-refractivity contribution in [1.29, 1.82) is 0 Å². The van der Waals surface area contributed by atoms with Crippen LogP contribution >= 0.6 is 0 Å². The fourth-order valence-electron chi connectivity index (χ4n) is 2.18. The molecule has 0 aliphatic heterocycles. The van der Waals surface area contributed by atoms with Crippen molar-refractivity contribution >= 4 is 11.6 Å². The Hall–Kier alpha value is -2.40. The van der Waals surface area contributed by atoms with Gasteiger partial charge in [0.05, 0.1) is 0 Å². The molecule has 0 aliphatic carbocycles. The summed E-state index contributed by atoms with van der Waals surface area (Å²) in [5, 5.41) is 0. The quantitative estimate of drug-likeness (QED) is 0.877. The molecular weight excluding hydrogens is 266 g/mol. The number of nitrogens with two attached hydrogens (primary N) is 1. The van der Waals surface area contributed by atoms with Crippen LogP contribution in [0.1, 0.15) is 22.3 Å². The smallest absolute Gasteiger partial charge is 0.258 e. The molecule has 1 aromatic carbocycles. The van der Waals surface area contributed by atoms with Gasteiger partial charge in [0.1, 0.15) is 0 Å². The number of nitrogens with zero attached hydrogens (tertiary/aromatic N) is 1. The van der Waals surface area contributed by atoms with Crippen molar-refractivity contribution < 1.29 is 4.79 Å². The van der Waals surface area contributed by atoms with E-state index in [1.54, 1.807) is 11.0 Å². The Morgan fingerprint density at radius 2 is 2.05 bits per heavy atom. The zero-order valence-corrected chi connectivity index (χ0v) is 12.0. The van der Waals surface area contributed by atoms with Crippen LogP contribution in [0.15, 0.2) is 47.4 Å². The van der Waals surface area contributed by atoms with E-state index in [1.165, 1.54) is 12.3 Å². The molecule has 0 fully saturated rings. The van der Waals surface area contributed by atoms with Crippen LogP contribution in [0.25, 0.3) is 0 Å². The van der Waals surface area contributed by atoms with E-state index in [1.807, 2.05) is 31.2 Å². The number of hydrogen-bond acceptors (Lipinski definition) is 3. The standard InChI is InChI=1S/C16H19N3O2/c1-12-5-2-3-6-14(12)19(10-4-8-17)16(21)13-7-9-18-15(20)11-13/h2-3,5-7,9,11H,4,8,10,17H2,1H3,(H,18,20). The highest BCUT2D eigenvalue weighted by Crippen LogP contribution is 2.21. The number of para-hydroxylation sites is 1. The zero-order valence-electron chi connectivity index (χ0n) is 12.0. The van der Waals surface area contributed by atoms with Gasteiger partial charge in [-0.2, -0.15) is 0 Å². The van der Waals surface area contributed by atoms with Gasteiger partial charge in [-0.05, 0) is 37.6 Å². The predicted octanol–water partition coefficient (Wildman–Crippen LogP) is 1.68. The largest absolute Gasteiger partial charge is 0.330 e. The first-order valence-electron chi connectivity index (χ1n) is 6.90. The fraction of sp³-hybridized carbons (Fsp3) is 0.250. The predicted molar refractivity (Wildman–Crippen MR) is 83.6 cm³/mol. The van der Waals surface area contributed by atoms with Crippen molar-refractivity contribution in [3.8, 4) is 0 Å². The number of aromatic nitrogens is 1. The molecule has 0 unspecified atom stereocenters. The molecule has 0 atom stereocenters. The van der Waals surface area contributed by atoms with Gasteiger partial charge >= 0.3 is 0 Å². The highest BCUT2D eigenvalue weighted by atomic mass is 16.2. The molecule has 2 rings (SSSR count). The number of benzene rings is 1. The Balaban J connectivity index is 2.38. The van der Waals surface area contributed by atoms with Gasteiger partial charge < -0.3 is 15.6 Å². The average Bonchev–Trinajstić information content (AvgIpc) is 2.49. The number of carbonyl (C=O) groups is 1. The first-order chi connectivity index (χ1) is 10.1. The lowest BCUT2D eigenvalue weighted by Gasteiger charge is -2.24. The van der Waals surface area contributed by atoms with Gasteiger partial charge in [-0.15, -0.1) is 0 Å². The third-order valence-electron chi connectivity index (χ3n) is 3.26. The summed E-state index contributed by atoms with van der Waals surface area (Å²) in [5.41, 5.74) is 7.50. The van der Waals surface area contributed by atoms with Gasteiger partial charge in [0.15, 0.2) is 0 Å². The van der Waals surface area contributed by atoms with Crippen molar-refractivity contribution in [2.75, 3.05) is 18.0 Å². The molecule has 0 aliphatic rings. The Kier molecular flexibility index (Phi) is 4.90. The van der Waals surface area contributed by atoms with Crippen LogP contribution in [-0.4, -0.2) is 24.0 Å². The highest BCUT2D eigenvalue weighted by Gasteiger charge is 2.18. The third kappa shape index (κ3) is 3.58. The molecule has 1 heterocycles. The first-order valence-corrected chi connectivity index (χ1v) is 6.90. The van der Waals surface area contributed by atoms with Gasteiger partial charge in [-0.3, -0.25) is 9.59 Å². The summed E-state index contributed by atoms with van der Waals surface area (Å²) in [6, 6.07) is 10.6. The number of amides is 1. The van der Waals surface area contributed by atoms with E-state index in [-0.39, 0.29) is 11.5 Å². The number of H-pyrrole nitrogens is 1. The average molecular weight is 285 g/mol. The number of nitrogens with one attached hydrogen (secondary N) is 1. The van der Waals surface area contributed by atoms with Crippen LogP contribution < -0.4 is 16.2 Å². The summed E-state index contributed by atoms with van der Waals surface area (Å²) in [7, 11) is 0.